The number of benzene rings is 1. The molecule has 5 heterocycles. The number of rotatable bonds is 9. The molecule has 6 rings (SSSR count). The number of aliphatic hydroxyl groups excluding tert-OH is 2. The molecule has 20 nitrogen and oxygen atoms in total. The number of carbonyl (C=O) groups excluding carboxylic acids is 4. The third-order valence-electron chi connectivity index (χ3n) is 8.22. The van der Waals surface area contributed by atoms with Crippen LogP contribution < -0.4 is 11.5 Å². The summed E-state index contributed by atoms with van der Waals surface area (Å²) in [7, 11) is 0. The van der Waals surface area contributed by atoms with Gasteiger partial charge in [-0.2, -0.15) is 0 Å². The van der Waals surface area contributed by atoms with Crippen molar-refractivity contribution >= 4 is 23.8 Å². The van der Waals surface area contributed by atoms with Crippen molar-refractivity contribution in [2.75, 3.05) is 13.2 Å². The Labute approximate surface area is 303 Å². The predicted octanol–water partition coefficient (Wildman–Crippen LogP) is -0.0680. The maximum absolute atomic E-state index is 12.2. The molecule has 3 aliphatic heterocycles. The van der Waals surface area contributed by atoms with E-state index in [1.807, 2.05) is 30.3 Å². The number of hydrogen-bond donors (Lipinski definition) is 4. The van der Waals surface area contributed by atoms with Gasteiger partial charge in [-0.1, -0.05) is 30.3 Å². The normalized spacial score (nSPS) is 28.1. The zero-order valence-electron chi connectivity index (χ0n) is 30.0. The average Bonchev–Trinajstić information content (AvgIpc) is 3.93. The van der Waals surface area contributed by atoms with E-state index in [0.29, 0.717) is 0 Å². The van der Waals surface area contributed by atoms with Crippen LogP contribution >= 0.6 is 0 Å². The lowest BCUT2D eigenvalue weighted by Gasteiger charge is -2.22. The summed E-state index contributed by atoms with van der Waals surface area (Å²) in [4.78, 5) is 53.9. The molecule has 53 heavy (non-hydrogen) atoms. The van der Waals surface area contributed by atoms with Crippen molar-refractivity contribution in [3.8, 4) is 0 Å². The van der Waals surface area contributed by atoms with Crippen LogP contribution in [-0.2, 0) is 38.0 Å². The average molecular weight is 745 g/mol. The Bertz CT molecular complexity index is 1770. The largest absolute Gasteiger partial charge is 0.462 e. The summed E-state index contributed by atoms with van der Waals surface area (Å²) < 4.78 is 36.7. The first kappa shape index (κ1) is 39.3. The molecule has 0 aliphatic carbocycles. The highest BCUT2D eigenvalue weighted by Crippen LogP contribution is 2.44. The van der Waals surface area contributed by atoms with Gasteiger partial charge in [0.05, 0.1) is 10.8 Å². The summed E-state index contributed by atoms with van der Waals surface area (Å²) in [5.74, 6) is -2.74. The first-order chi connectivity index (χ1) is 24.8. The van der Waals surface area contributed by atoms with Crippen molar-refractivity contribution in [1.82, 2.24) is 29.5 Å². The molecule has 2 amide bonds. The van der Waals surface area contributed by atoms with Crippen molar-refractivity contribution in [2.24, 2.45) is 22.3 Å². The zero-order chi connectivity index (χ0) is 38.8. The molecule has 0 radical (unpaired) electrons. The topological polar surface area (TPSA) is 278 Å². The molecule has 20 heteroatoms. The second kappa shape index (κ2) is 15.6. The number of aromatic nitrogens is 6. The Hall–Kier alpha value is -4.86. The van der Waals surface area contributed by atoms with Gasteiger partial charge < -0.3 is 50.1 Å². The van der Waals surface area contributed by atoms with E-state index < -0.39 is 84.0 Å². The number of esters is 2. The van der Waals surface area contributed by atoms with Crippen molar-refractivity contribution in [3.63, 3.8) is 0 Å². The van der Waals surface area contributed by atoms with Crippen molar-refractivity contribution < 1.29 is 57.8 Å². The van der Waals surface area contributed by atoms with E-state index in [4.69, 9.17) is 39.9 Å². The molecule has 3 fully saturated rings. The van der Waals surface area contributed by atoms with Crippen LogP contribution in [0.1, 0.15) is 87.1 Å². The van der Waals surface area contributed by atoms with Crippen LogP contribution in [0.2, 0.25) is 0 Å². The van der Waals surface area contributed by atoms with Gasteiger partial charge in [0, 0.05) is 5.56 Å². The quantitative estimate of drug-likeness (QED) is 0.209. The van der Waals surface area contributed by atoms with Gasteiger partial charge in [-0.3, -0.25) is 19.2 Å². The first-order valence-corrected chi connectivity index (χ1v) is 16.6. The van der Waals surface area contributed by atoms with Crippen molar-refractivity contribution in [1.29, 1.82) is 0 Å². The van der Waals surface area contributed by atoms with Gasteiger partial charge in [-0.25, -0.2) is 19.3 Å². The van der Waals surface area contributed by atoms with Crippen LogP contribution in [0.3, 0.4) is 0 Å². The Morgan fingerprint density at radius 1 is 0.698 bits per heavy atom. The van der Waals surface area contributed by atoms with Gasteiger partial charge >= 0.3 is 11.9 Å². The van der Waals surface area contributed by atoms with Gasteiger partial charge in [0.1, 0.15) is 62.5 Å². The van der Waals surface area contributed by atoms with Gasteiger partial charge in [0.15, 0.2) is 18.7 Å². The fourth-order valence-electron chi connectivity index (χ4n) is 5.30. The number of ether oxygens (including phenoxy) is 6. The smallest absolute Gasteiger partial charge is 0.311 e. The molecule has 1 aromatic carbocycles. The highest BCUT2D eigenvalue weighted by molar-refractivity contribution is 5.88. The standard InChI is InChI=1S/C20H24N4O6.C13H20N4O6/c1-20(2,3)19(26)27-9-12-13-14(30-18(29-13)11-7-5-4-6-8-11)17(28-12)24-10-22-16(23-24)15(21)25;1-13(2,3)12(21)22-4-6-7(18)8(19)11(23-6)17-5-15-10(16-17)9(14)20/h4-8,10,12-14,17-18H,9H2,1-3H3,(H2,21,25);5-8,11,18-19H,4H2,1-3H3,(H2,14,20)/t12-,13?,14-,17-,18?;6-,7?,8-,11-/m11/s1. The highest BCUT2D eigenvalue weighted by Gasteiger charge is 2.54. The number of nitrogens with zero attached hydrogens (tertiary/aromatic N) is 6. The Morgan fingerprint density at radius 3 is 1.66 bits per heavy atom. The number of carbonyl (C=O) groups is 4. The Morgan fingerprint density at radius 2 is 1.17 bits per heavy atom. The number of primary amides is 2. The summed E-state index contributed by atoms with van der Waals surface area (Å²) in [5, 5.41) is 27.9. The number of amides is 2. The van der Waals surface area contributed by atoms with Gasteiger partial charge in [-0.15, -0.1) is 10.2 Å². The van der Waals surface area contributed by atoms with Gasteiger partial charge in [-0.05, 0) is 41.5 Å². The third-order valence-corrected chi connectivity index (χ3v) is 8.22. The van der Waals surface area contributed by atoms with E-state index >= 15 is 0 Å². The molecular weight excluding hydrogens is 700 g/mol. The second-order valence-electron chi connectivity index (χ2n) is 14.6. The second-order valence-corrected chi connectivity index (χ2v) is 14.6. The maximum atomic E-state index is 12.2. The number of hydrogen-bond acceptors (Lipinski definition) is 16. The minimum Gasteiger partial charge on any atom is -0.462 e. The van der Waals surface area contributed by atoms with E-state index in [0.717, 1.165) is 16.6 Å². The fourth-order valence-corrected chi connectivity index (χ4v) is 5.30. The van der Waals surface area contributed by atoms with E-state index in [9.17, 15) is 29.4 Å². The van der Waals surface area contributed by atoms with Crippen LogP contribution in [0.25, 0.3) is 0 Å². The lowest BCUT2D eigenvalue weighted by atomic mass is 9.97. The number of fused-ring (bicyclic) bond motifs is 1. The molecule has 6 N–H and O–H groups in total. The molecule has 0 bridgehead atoms. The summed E-state index contributed by atoms with van der Waals surface area (Å²) >= 11 is 0. The minimum absolute atomic E-state index is 0.00395. The SMILES string of the molecule is CC(C)(C)C(=O)OC[C@H]1O[C@@H](n2cnc(C(N)=O)n2)[C@@H]2OC(c3ccccc3)OC21.CC(C)(C)C(=O)OC[C@H]1O[C@@H](n2cnc(C(N)=O)n2)[C@H](O)C1O. The van der Waals surface area contributed by atoms with Crippen molar-refractivity contribution in [3.05, 3.63) is 60.2 Å². The van der Waals surface area contributed by atoms with Crippen LogP contribution in [0.4, 0.5) is 0 Å². The molecule has 288 valence electrons. The van der Waals surface area contributed by atoms with E-state index in [1.165, 1.54) is 11.0 Å². The van der Waals surface area contributed by atoms with E-state index in [1.54, 1.807) is 41.5 Å². The summed E-state index contributed by atoms with van der Waals surface area (Å²) in [5.41, 5.74) is 9.82. The zero-order valence-corrected chi connectivity index (χ0v) is 30.0. The number of aliphatic hydroxyl groups is 2. The molecule has 3 aromatic rings. The molecule has 3 aliphatic rings. The highest BCUT2D eigenvalue weighted by atomic mass is 16.8. The van der Waals surface area contributed by atoms with E-state index in [-0.39, 0.29) is 30.8 Å². The maximum Gasteiger partial charge on any atom is 0.311 e. The predicted molar refractivity (Wildman–Crippen MR) is 177 cm³/mol. The van der Waals surface area contributed by atoms with Gasteiger partial charge in [0.2, 0.25) is 11.6 Å². The van der Waals surface area contributed by atoms with Crippen molar-refractivity contribution in [2.45, 2.75) is 96.9 Å². The molecule has 2 aromatic heterocycles. The van der Waals surface area contributed by atoms with E-state index in [2.05, 4.69) is 20.2 Å². The lowest BCUT2D eigenvalue weighted by Crippen LogP contribution is -2.35. The molecule has 3 saturated heterocycles. The number of nitrogens with two attached hydrogens (primary N) is 2. The Kier molecular flexibility index (Phi) is 11.6. The molecule has 0 spiro atoms. The molecule has 0 saturated carbocycles. The van der Waals surface area contributed by atoms with Crippen LogP contribution in [0.15, 0.2) is 43.0 Å². The van der Waals surface area contributed by atoms with Crippen LogP contribution in [0, 0.1) is 10.8 Å². The molecule has 9 atom stereocenters. The third kappa shape index (κ3) is 9.03. The Balaban J connectivity index is 0.000000212. The van der Waals surface area contributed by atoms with Gasteiger partial charge in [0.25, 0.3) is 11.8 Å². The molecule has 3 unspecified atom stereocenters. The lowest BCUT2D eigenvalue weighted by molar-refractivity contribution is -0.173. The first-order valence-electron chi connectivity index (χ1n) is 16.6. The molecular formula is C33H44N8O12. The van der Waals surface area contributed by atoms with Crippen LogP contribution in [-0.4, -0.2) is 113 Å². The van der Waals surface area contributed by atoms with Crippen LogP contribution in [0.5, 0.6) is 0 Å². The summed E-state index contributed by atoms with van der Waals surface area (Å²) in [6.45, 7) is 10.2. The summed E-state index contributed by atoms with van der Waals surface area (Å²) in [6, 6.07) is 9.49. The monoisotopic (exact) mass is 744 g/mol. The fraction of sp³-hybridized carbons (Fsp3) is 0.576. The summed E-state index contributed by atoms with van der Waals surface area (Å²) in [6.07, 6.45) is -5.05. The minimum atomic E-state index is -1.32.